The molecule has 11 nitrogen and oxygen atoms in total. The topological polar surface area (TPSA) is 144 Å². The van der Waals surface area contributed by atoms with Gasteiger partial charge in [0.1, 0.15) is 0 Å². The molecule has 34 heavy (non-hydrogen) atoms. The zero-order chi connectivity index (χ0) is 24.6. The molecule has 1 saturated heterocycles. The predicted octanol–water partition coefficient (Wildman–Crippen LogP) is 3.26. The van der Waals surface area contributed by atoms with Crippen LogP contribution < -0.4 is 0 Å². The summed E-state index contributed by atoms with van der Waals surface area (Å²) in [6.45, 7) is 1.59. The zero-order valence-corrected chi connectivity index (χ0v) is 18.1. The molecule has 2 aliphatic rings. The number of imide groups is 1. The fraction of sp³-hybridized carbons (Fsp3) is 0.261. The number of benzene rings is 2. The molecule has 1 fully saturated rings. The van der Waals surface area contributed by atoms with E-state index < -0.39 is 39.4 Å². The minimum atomic E-state index is -0.775. The highest BCUT2D eigenvalue weighted by atomic mass is 16.6. The van der Waals surface area contributed by atoms with Gasteiger partial charge in [0, 0.05) is 29.8 Å². The number of allylic oxidation sites excluding steroid dienone is 2. The molecule has 11 heteroatoms. The van der Waals surface area contributed by atoms with E-state index in [1.165, 1.54) is 42.5 Å². The van der Waals surface area contributed by atoms with Crippen molar-refractivity contribution in [1.82, 2.24) is 10.0 Å². The van der Waals surface area contributed by atoms with Gasteiger partial charge < -0.3 is 0 Å². The first kappa shape index (κ1) is 22.8. The van der Waals surface area contributed by atoms with E-state index in [9.17, 15) is 34.6 Å². The maximum Gasteiger partial charge on any atom is 0.273 e. The van der Waals surface area contributed by atoms with Crippen molar-refractivity contribution in [1.29, 1.82) is 0 Å². The molecule has 3 atom stereocenters. The number of non-ortho nitro benzene ring substituents is 2. The zero-order valence-electron chi connectivity index (χ0n) is 18.1. The number of nitro benzene ring substituents is 2. The molecule has 0 bridgehead atoms. The van der Waals surface area contributed by atoms with Gasteiger partial charge in [-0.1, -0.05) is 37.3 Å². The molecule has 0 radical (unpaired) electrons. The second kappa shape index (κ2) is 8.85. The van der Waals surface area contributed by atoms with Gasteiger partial charge in [0.25, 0.3) is 29.1 Å². The van der Waals surface area contributed by atoms with Crippen LogP contribution in [0.25, 0.3) is 0 Å². The first-order valence-corrected chi connectivity index (χ1v) is 10.5. The quantitative estimate of drug-likeness (QED) is 0.276. The third-order valence-corrected chi connectivity index (χ3v) is 6.11. The van der Waals surface area contributed by atoms with Gasteiger partial charge >= 0.3 is 0 Å². The predicted molar refractivity (Wildman–Crippen MR) is 118 cm³/mol. The molecule has 4 rings (SSSR count). The van der Waals surface area contributed by atoms with E-state index in [1.807, 2.05) is 19.1 Å². The van der Waals surface area contributed by atoms with Crippen molar-refractivity contribution in [2.75, 3.05) is 0 Å². The van der Waals surface area contributed by atoms with E-state index in [0.29, 0.717) is 12.0 Å². The standard InChI is InChI=1S/C23H20N4O7/c1-14-4-2-7-19-20(14)23(30)25(22(19)29)24(13-15-8-10-17(11-9-15)26(31)32)21(28)16-5-3-6-18(12-16)27(33)34/h2-6,8-12,14,19-20H,7,13H2,1H3/t14-,19+,20+/m1/s1. The molecule has 174 valence electrons. The van der Waals surface area contributed by atoms with E-state index in [-0.39, 0.29) is 29.4 Å². The Morgan fingerprint density at radius 2 is 1.71 bits per heavy atom. The second-order valence-electron chi connectivity index (χ2n) is 8.24. The Kier molecular flexibility index (Phi) is 5.93. The lowest BCUT2D eigenvalue weighted by Gasteiger charge is -2.30. The van der Waals surface area contributed by atoms with Gasteiger partial charge in [0.2, 0.25) is 0 Å². The van der Waals surface area contributed by atoms with Gasteiger partial charge in [-0.25, -0.2) is 5.01 Å². The minimum Gasteiger partial charge on any atom is -0.272 e. The minimum absolute atomic E-state index is 0.0715. The van der Waals surface area contributed by atoms with Gasteiger partial charge in [-0.2, -0.15) is 5.01 Å². The highest BCUT2D eigenvalue weighted by molar-refractivity contribution is 6.08. The third kappa shape index (κ3) is 4.03. The van der Waals surface area contributed by atoms with Gasteiger partial charge in [-0.15, -0.1) is 0 Å². The number of fused-ring (bicyclic) bond motifs is 1. The summed E-state index contributed by atoms with van der Waals surface area (Å²) in [4.78, 5) is 61.0. The van der Waals surface area contributed by atoms with Crippen LogP contribution in [0, 0.1) is 38.0 Å². The first-order chi connectivity index (χ1) is 16.2. The van der Waals surface area contributed by atoms with Crippen molar-refractivity contribution in [3.05, 3.63) is 92.0 Å². The normalized spacial score (nSPS) is 21.3. The number of nitrogens with zero attached hydrogens (tertiary/aromatic N) is 4. The van der Waals surface area contributed by atoms with Crippen LogP contribution in [-0.2, 0) is 16.1 Å². The highest BCUT2D eigenvalue weighted by Gasteiger charge is 2.53. The number of hydrazine groups is 1. The Morgan fingerprint density at radius 1 is 1.03 bits per heavy atom. The van der Waals surface area contributed by atoms with Crippen LogP contribution >= 0.6 is 0 Å². The number of carbonyl (C=O) groups is 3. The van der Waals surface area contributed by atoms with E-state index in [4.69, 9.17) is 0 Å². The number of hydrogen-bond acceptors (Lipinski definition) is 7. The maximum atomic E-state index is 13.5. The summed E-state index contributed by atoms with van der Waals surface area (Å²) in [5.74, 6) is -3.24. The summed E-state index contributed by atoms with van der Waals surface area (Å²) >= 11 is 0. The van der Waals surface area contributed by atoms with Crippen molar-refractivity contribution >= 4 is 29.1 Å². The molecule has 2 aromatic carbocycles. The molecular formula is C23H20N4O7. The van der Waals surface area contributed by atoms with Crippen molar-refractivity contribution in [2.24, 2.45) is 17.8 Å². The Morgan fingerprint density at radius 3 is 2.32 bits per heavy atom. The molecule has 0 spiro atoms. The summed E-state index contributed by atoms with van der Waals surface area (Å²) in [7, 11) is 0. The van der Waals surface area contributed by atoms with Crippen molar-refractivity contribution in [2.45, 2.75) is 19.9 Å². The third-order valence-electron chi connectivity index (χ3n) is 6.11. The van der Waals surface area contributed by atoms with E-state index >= 15 is 0 Å². The molecule has 1 aliphatic heterocycles. The summed E-state index contributed by atoms with van der Waals surface area (Å²) in [6.07, 6.45) is 4.06. The smallest absolute Gasteiger partial charge is 0.272 e. The van der Waals surface area contributed by atoms with Crippen LogP contribution in [0.5, 0.6) is 0 Å². The number of nitro groups is 2. The molecule has 2 aromatic rings. The Balaban J connectivity index is 1.73. The molecule has 0 aromatic heterocycles. The Hall–Kier alpha value is -4.41. The molecule has 1 aliphatic carbocycles. The molecular weight excluding hydrogens is 444 g/mol. The molecule has 0 unspecified atom stereocenters. The van der Waals surface area contributed by atoms with Crippen LogP contribution in [0.15, 0.2) is 60.7 Å². The van der Waals surface area contributed by atoms with Crippen molar-refractivity contribution in [3.63, 3.8) is 0 Å². The van der Waals surface area contributed by atoms with E-state index in [2.05, 4.69) is 0 Å². The summed E-state index contributed by atoms with van der Waals surface area (Å²) in [5, 5.41) is 24.0. The first-order valence-electron chi connectivity index (χ1n) is 10.5. The maximum absolute atomic E-state index is 13.5. The van der Waals surface area contributed by atoms with Gasteiger partial charge in [0.15, 0.2) is 0 Å². The second-order valence-corrected chi connectivity index (χ2v) is 8.24. The largest absolute Gasteiger partial charge is 0.273 e. The lowest BCUT2D eigenvalue weighted by molar-refractivity contribution is -0.385. The van der Waals surface area contributed by atoms with E-state index in [1.54, 1.807) is 0 Å². The van der Waals surface area contributed by atoms with Crippen LogP contribution in [-0.4, -0.2) is 37.6 Å². The summed E-state index contributed by atoms with van der Waals surface area (Å²) in [5.41, 5.74) is -0.102. The molecule has 0 N–H and O–H groups in total. The average Bonchev–Trinajstić information content (AvgIpc) is 3.08. The fourth-order valence-electron chi connectivity index (χ4n) is 4.40. The number of rotatable bonds is 6. The van der Waals surface area contributed by atoms with Gasteiger partial charge in [0.05, 0.1) is 28.2 Å². The summed E-state index contributed by atoms with van der Waals surface area (Å²) < 4.78 is 0. The fourth-order valence-corrected chi connectivity index (χ4v) is 4.40. The highest BCUT2D eigenvalue weighted by Crippen LogP contribution is 2.39. The summed E-state index contributed by atoms with van der Waals surface area (Å²) in [6, 6.07) is 10.4. The lowest BCUT2D eigenvalue weighted by atomic mass is 9.78. The number of amides is 3. The molecule has 1 heterocycles. The SMILES string of the molecule is C[C@@H]1C=CC[C@@H]2C(=O)N(N(Cc3ccc([N+](=O)[O-])cc3)C(=O)c3cccc([N+](=O)[O-])c3)C(=O)[C@@H]12. The lowest BCUT2D eigenvalue weighted by Crippen LogP contribution is -2.50. The number of hydrogen-bond donors (Lipinski definition) is 0. The number of carbonyl (C=O) groups excluding carboxylic acids is 3. The van der Waals surface area contributed by atoms with E-state index in [0.717, 1.165) is 16.1 Å². The van der Waals surface area contributed by atoms with Crippen LogP contribution in [0.2, 0.25) is 0 Å². The van der Waals surface area contributed by atoms with Crippen LogP contribution in [0.4, 0.5) is 11.4 Å². The van der Waals surface area contributed by atoms with Crippen molar-refractivity contribution in [3.8, 4) is 0 Å². The van der Waals surface area contributed by atoms with Crippen molar-refractivity contribution < 1.29 is 24.2 Å². The molecule has 3 amide bonds. The van der Waals surface area contributed by atoms with Crippen LogP contribution in [0.1, 0.15) is 29.3 Å². The monoisotopic (exact) mass is 464 g/mol. The average molecular weight is 464 g/mol. The molecule has 0 saturated carbocycles. The van der Waals surface area contributed by atoms with Crippen LogP contribution in [0.3, 0.4) is 0 Å². The van der Waals surface area contributed by atoms with Gasteiger partial charge in [-0.3, -0.25) is 34.6 Å². The van der Waals surface area contributed by atoms with Gasteiger partial charge in [-0.05, 0) is 24.0 Å². The Bertz CT molecular complexity index is 1220. The Labute approximate surface area is 193 Å².